The molecular weight excluding hydrogens is 705 g/mol. The maximum absolute atomic E-state index is 14.2. The Morgan fingerprint density at radius 3 is 1.23 bits per heavy atom. The van der Waals surface area contributed by atoms with Gasteiger partial charge in [-0.25, -0.2) is 0 Å². The van der Waals surface area contributed by atoms with Crippen molar-refractivity contribution in [2.24, 2.45) is 11.8 Å². The third-order valence-corrected chi connectivity index (χ3v) is 10.1. The predicted molar refractivity (Wildman–Crippen MR) is 219 cm³/mol. The van der Waals surface area contributed by atoms with Crippen LogP contribution in [0.4, 0.5) is 0 Å². The minimum absolute atomic E-state index is 0.237. The molecule has 6 aromatic rings. The Morgan fingerprint density at radius 1 is 0.518 bits per heavy atom. The molecule has 4 amide bonds. The Labute approximate surface area is 326 Å². The summed E-state index contributed by atoms with van der Waals surface area (Å²) in [5, 5.41) is 25.9. The lowest BCUT2D eigenvalue weighted by atomic mass is 9.91. The Hall–Kier alpha value is -6.20. The van der Waals surface area contributed by atoms with Crippen LogP contribution in [0.15, 0.2) is 121 Å². The van der Waals surface area contributed by atoms with Crippen LogP contribution in [-0.4, -0.2) is 69.0 Å². The van der Waals surface area contributed by atoms with Gasteiger partial charge in [0.15, 0.2) is 0 Å². The summed E-state index contributed by atoms with van der Waals surface area (Å²) >= 11 is 0. The van der Waals surface area contributed by atoms with E-state index in [1.54, 1.807) is 12.1 Å². The molecular formula is C45H50N6O5. The van der Waals surface area contributed by atoms with E-state index < -0.39 is 53.9 Å². The zero-order chi connectivity index (χ0) is 39.8. The second-order valence-corrected chi connectivity index (χ2v) is 15.0. The van der Waals surface area contributed by atoms with E-state index in [0.29, 0.717) is 11.4 Å². The number of carbonyl (C=O) groups excluding carboxylic acids is 4. The van der Waals surface area contributed by atoms with Crippen molar-refractivity contribution in [2.75, 3.05) is 0 Å². The number of rotatable bonds is 16. The smallest absolute Gasteiger partial charge is 0.268 e. The number of nitrogens with one attached hydrogen (secondary N) is 6. The maximum atomic E-state index is 14.2. The molecule has 290 valence electrons. The van der Waals surface area contributed by atoms with Crippen molar-refractivity contribution in [3.05, 3.63) is 144 Å². The lowest BCUT2D eigenvalue weighted by Crippen LogP contribution is -2.61. The molecule has 0 aliphatic rings. The van der Waals surface area contributed by atoms with E-state index in [0.717, 1.165) is 32.9 Å². The van der Waals surface area contributed by atoms with Crippen LogP contribution in [0.1, 0.15) is 59.8 Å². The van der Waals surface area contributed by atoms with Crippen LogP contribution in [0.25, 0.3) is 21.8 Å². The average Bonchev–Trinajstić information content (AvgIpc) is 3.84. The van der Waals surface area contributed by atoms with Gasteiger partial charge in [-0.15, -0.1) is 0 Å². The number of para-hydroxylation sites is 2. The molecule has 0 radical (unpaired) electrons. The summed E-state index contributed by atoms with van der Waals surface area (Å²) < 4.78 is 0. The first-order valence-electron chi connectivity index (χ1n) is 19.1. The fourth-order valence-electron chi connectivity index (χ4n) is 6.98. The molecule has 1 unspecified atom stereocenters. The minimum atomic E-state index is -1.29. The Morgan fingerprint density at radius 2 is 0.875 bits per heavy atom. The molecule has 11 heteroatoms. The number of benzene rings is 4. The minimum Gasteiger partial charge on any atom is -0.389 e. The second-order valence-electron chi connectivity index (χ2n) is 15.0. The largest absolute Gasteiger partial charge is 0.389 e. The van der Waals surface area contributed by atoms with Gasteiger partial charge in [0.25, 0.3) is 11.8 Å². The summed E-state index contributed by atoms with van der Waals surface area (Å²) in [6.45, 7) is 7.36. The predicted octanol–water partition coefficient (Wildman–Crippen LogP) is 5.67. The van der Waals surface area contributed by atoms with Gasteiger partial charge in [-0.1, -0.05) is 125 Å². The van der Waals surface area contributed by atoms with E-state index in [-0.39, 0.29) is 24.7 Å². The van der Waals surface area contributed by atoms with E-state index in [1.165, 1.54) is 0 Å². The van der Waals surface area contributed by atoms with Gasteiger partial charge < -0.3 is 36.3 Å². The number of H-pyrrole nitrogens is 2. The van der Waals surface area contributed by atoms with Crippen LogP contribution in [0.2, 0.25) is 0 Å². The SMILES string of the molecule is CC(C)[C@H](NC(=O)c1cc2ccccc2[nH]1)C(=O)N[C@@H](Cc1ccccc1)C(O)[C@H](Cc1ccccc1)NC(=O)[C@H](NC(=O)c1cc2ccccc2[nH]1)C(C)C. The van der Waals surface area contributed by atoms with Crippen molar-refractivity contribution in [2.45, 2.75) is 70.8 Å². The average molecular weight is 755 g/mol. The number of aromatic amines is 2. The summed E-state index contributed by atoms with van der Waals surface area (Å²) in [6.07, 6.45) is -0.821. The molecule has 0 aliphatic carbocycles. The molecule has 0 saturated heterocycles. The van der Waals surface area contributed by atoms with E-state index in [9.17, 15) is 24.3 Å². The normalized spacial score (nSPS) is 14.2. The summed E-state index contributed by atoms with van der Waals surface area (Å²) in [5.74, 6) is -2.41. The lowest BCUT2D eigenvalue weighted by Gasteiger charge is -2.34. The topological polar surface area (TPSA) is 168 Å². The zero-order valence-corrected chi connectivity index (χ0v) is 32.1. The van der Waals surface area contributed by atoms with E-state index in [2.05, 4.69) is 31.2 Å². The van der Waals surface area contributed by atoms with Crippen LogP contribution < -0.4 is 21.3 Å². The van der Waals surface area contributed by atoms with Crippen molar-refractivity contribution in [3.63, 3.8) is 0 Å². The summed E-state index contributed by atoms with van der Waals surface area (Å²) in [4.78, 5) is 61.5. The van der Waals surface area contributed by atoms with E-state index in [4.69, 9.17) is 0 Å². The van der Waals surface area contributed by atoms with Crippen molar-refractivity contribution in [1.82, 2.24) is 31.2 Å². The highest BCUT2D eigenvalue weighted by Crippen LogP contribution is 2.19. The molecule has 7 N–H and O–H groups in total. The van der Waals surface area contributed by atoms with Crippen LogP contribution in [0.3, 0.4) is 0 Å². The van der Waals surface area contributed by atoms with Gasteiger partial charge in [-0.3, -0.25) is 19.2 Å². The van der Waals surface area contributed by atoms with Gasteiger partial charge in [0.1, 0.15) is 23.5 Å². The fourth-order valence-corrected chi connectivity index (χ4v) is 6.98. The third kappa shape index (κ3) is 9.72. The highest BCUT2D eigenvalue weighted by atomic mass is 16.3. The lowest BCUT2D eigenvalue weighted by molar-refractivity contribution is -0.126. The Bertz CT molecular complexity index is 2040. The first-order chi connectivity index (χ1) is 27.0. The van der Waals surface area contributed by atoms with Crippen LogP contribution in [0.5, 0.6) is 0 Å². The molecule has 5 atom stereocenters. The summed E-state index contributed by atoms with van der Waals surface area (Å²) in [6, 6.07) is 33.8. The highest BCUT2D eigenvalue weighted by molar-refractivity contribution is 6.01. The summed E-state index contributed by atoms with van der Waals surface area (Å²) in [5.41, 5.74) is 3.97. The summed E-state index contributed by atoms with van der Waals surface area (Å²) in [7, 11) is 0. The van der Waals surface area contributed by atoms with Crippen LogP contribution in [-0.2, 0) is 22.4 Å². The van der Waals surface area contributed by atoms with Gasteiger partial charge in [-0.2, -0.15) is 0 Å². The second kappa shape index (κ2) is 18.0. The number of fused-ring (bicyclic) bond motifs is 2. The maximum Gasteiger partial charge on any atom is 0.268 e. The Kier molecular flexibility index (Phi) is 12.7. The molecule has 11 nitrogen and oxygen atoms in total. The molecule has 2 aromatic heterocycles. The number of aromatic nitrogens is 2. The monoisotopic (exact) mass is 754 g/mol. The number of amides is 4. The quantitative estimate of drug-likeness (QED) is 0.0675. The number of aliphatic hydroxyl groups excluding tert-OH is 1. The standard InChI is InChI=1S/C45H50N6O5/c1-27(2)39(50-42(53)37-25-31-19-11-13-21-33(31)46-37)44(55)48-35(23-29-15-7-5-8-16-29)41(52)36(24-30-17-9-6-10-18-30)49-45(56)40(28(3)4)51-43(54)38-26-32-20-12-14-22-34(32)47-38/h5-22,25-28,35-36,39-41,46-47,52H,23-24H2,1-4H3,(H,48,55)(H,49,56)(H,50,53)(H,51,54)/t35-,36-,39-,40+,41?/m0/s1. The molecule has 0 bridgehead atoms. The molecule has 4 aromatic carbocycles. The molecule has 2 heterocycles. The number of hydrogen-bond acceptors (Lipinski definition) is 5. The molecule has 0 aliphatic heterocycles. The Balaban J connectivity index is 1.25. The van der Waals surface area contributed by atoms with Gasteiger partial charge in [0, 0.05) is 21.8 Å². The van der Waals surface area contributed by atoms with Crippen molar-refractivity contribution >= 4 is 45.4 Å². The van der Waals surface area contributed by atoms with Crippen molar-refractivity contribution < 1.29 is 24.3 Å². The molecule has 56 heavy (non-hydrogen) atoms. The molecule has 0 fully saturated rings. The van der Waals surface area contributed by atoms with Gasteiger partial charge in [0.2, 0.25) is 11.8 Å². The van der Waals surface area contributed by atoms with Gasteiger partial charge in [0.05, 0.1) is 18.2 Å². The van der Waals surface area contributed by atoms with Gasteiger partial charge in [-0.05, 0) is 60.1 Å². The first kappa shape index (κ1) is 39.5. The van der Waals surface area contributed by atoms with Crippen molar-refractivity contribution in [3.8, 4) is 0 Å². The highest BCUT2D eigenvalue weighted by Gasteiger charge is 2.36. The number of hydrogen-bond donors (Lipinski definition) is 7. The van der Waals surface area contributed by atoms with E-state index >= 15 is 0 Å². The number of aliphatic hydroxyl groups is 1. The molecule has 6 rings (SSSR count). The van der Waals surface area contributed by atoms with E-state index in [1.807, 2.05) is 137 Å². The third-order valence-electron chi connectivity index (χ3n) is 10.1. The van der Waals surface area contributed by atoms with Crippen LogP contribution in [0, 0.1) is 11.8 Å². The molecule has 0 saturated carbocycles. The first-order valence-corrected chi connectivity index (χ1v) is 19.1. The molecule has 0 spiro atoms. The zero-order valence-electron chi connectivity index (χ0n) is 32.1. The van der Waals surface area contributed by atoms with Gasteiger partial charge >= 0.3 is 0 Å². The fraction of sp³-hybridized carbons (Fsp3) is 0.289. The van der Waals surface area contributed by atoms with Crippen molar-refractivity contribution in [1.29, 1.82) is 0 Å². The number of carbonyl (C=O) groups is 4. The van der Waals surface area contributed by atoms with Crippen LogP contribution >= 0.6 is 0 Å².